The van der Waals surface area contributed by atoms with E-state index in [1.807, 2.05) is 13.8 Å². The van der Waals surface area contributed by atoms with Gasteiger partial charge in [0.25, 0.3) is 0 Å². The van der Waals surface area contributed by atoms with Crippen molar-refractivity contribution in [3.63, 3.8) is 0 Å². The lowest BCUT2D eigenvalue weighted by atomic mass is 10.2. The zero-order valence-corrected chi connectivity index (χ0v) is 6.22. The Labute approximate surface area is 60.5 Å². The first-order chi connectivity index (χ1) is 4.74. The van der Waals surface area contributed by atoms with Crippen molar-refractivity contribution in [3.05, 3.63) is 23.7 Å². The number of hydrogen-bond donors (Lipinski definition) is 1. The molecule has 1 radical (unpaired) electrons. The smallest absolute Gasteiger partial charge is 0.140 e. The molecule has 0 spiro atoms. The fourth-order valence-electron chi connectivity index (χ4n) is 0.755. The summed E-state index contributed by atoms with van der Waals surface area (Å²) in [5.41, 5.74) is 0. The van der Waals surface area contributed by atoms with Crippen molar-refractivity contribution < 1.29 is 9.52 Å². The summed E-state index contributed by atoms with van der Waals surface area (Å²) in [4.78, 5) is 0. The Balaban J connectivity index is 2.74. The molecule has 0 amide bonds. The summed E-state index contributed by atoms with van der Waals surface area (Å²) in [5, 5.41) is 9.22. The molecule has 0 fully saturated rings. The highest BCUT2D eigenvalue weighted by Crippen LogP contribution is 2.17. The SMILES string of the molecule is CCC(O)c1[c]cc(C)o1. The number of aryl methyl sites for hydroxylation is 1. The highest BCUT2D eigenvalue weighted by Gasteiger charge is 2.07. The van der Waals surface area contributed by atoms with Gasteiger partial charge in [0.2, 0.25) is 0 Å². The zero-order chi connectivity index (χ0) is 7.56. The van der Waals surface area contributed by atoms with Gasteiger partial charge in [0.15, 0.2) is 0 Å². The van der Waals surface area contributed by atoms with Crippen molar-refractivity contribution in [2.24, 2.45) is 0 Å². The maximum absolute atomic E-state index is 9.22. The Morgan fingerprint density at radius 3 is 2.90 bits per heavy atom. The predicted octanol–water partition coefficient (Wildman–Crippen LogP) is 1.83. The van der Waals surface area contributed by atoms with Gasteiger partial charge < -0.3 is 9.52 Å². The summed E-state index contributed by atoms with van der Waals surface area (Å²) in [7, 11) is 0. The topological polar surface area (TPSA) is 33.4 Å². The van der Waals surface area contributed by atoms with Crippen molar-refractivity contribution in [3.8, 4) is 0 Å². The average molecular weight is 139 g/mol. The lowest BCUT2D eigenvalue weighted by molar-refractivity contribution is 0.144. The minimum Gasteiger partial charge on any atom is -0.463 e. The van der Waals surface area contributed by atoms with E-state index >= 15 is 0 Å². The van der Waals surface area contributed by atoms with E-state index in [-0.39, 0.29) is 0 Å². The minimum absolute atomic E-state index is 0.492. The average Bonchev–Trinajstić information content (AvgIpc) is 2.34. The maximum atomic E-state index is 9.22. The molecule has 10 heavy (non-hydrogen) atoms. The molecule has 0 saturated carbocycles. The molecule has 0 saturated heterocycles. The van der Waals surface area contributed by atoms with Gasteiger partial charge in [-0.3, -0.25) is 0 Å². The maximum Gasteiger partial charge on any atom is 0.140 e. The second-order valence-corrected chi connectivity index (χ2v) is 2.29. The second-order valence-electron chi connectivity index (χ2n) is 2.29. The highest BCUT2D eigenvalue weighted by molar-refractivity contribution is 5.05. The molecule has 55 valence electrons. The summed E-state index contributed by atoms with van der Waals surface area (Å²) in [6.07, 6.45) is 0.178. The van der Waals surface area contributed by atoms with Crippen molar-refractivity contribution >= 4 is 0 Å². The molecule has 1 aromatic heterocycles. The second kappa shape index (κ2) is 2.88. The largest absolute Gasteiger partial charge is 0.463 e. The van der Waals surface area contributed by atoms with E-state index in [2.05, 4.69) is 6.07 Å². The normalized spacial score (nSPS) is 13.5. The summed E-state index contributed by atoms with van der Waals surface area (Å²) < 4.78 is 5.13. The van der Waals surface area contributed by atoms with Gasteiger partial charge in [-0.15, -0.1) is 0 Å². The molecule has 0 aliphatic carbocycles. The molecule has 1 rings (SSSR count). The molecule has 0 aliphatic heterocycles. The van der Waals surface area contributed by atoms with Crippen LogP contribution in [0.3, 0.4) is 0 Å². The van der Waals surface area contributed by atoms with Crippen LogP contribution in [0.25, 0.3) is 0 Å². The molecule has 1 atom stereocenters. The Bertz CT molecular complexity index is 203. The lowest BCUT2D eigenvalue weighted by Gasteiger charge is -2.00. The van der Waals surface area contributed by atoms with Crippen molar-refractivity contribution in [1.29, 1.82) is 0 Å². The zero-order valence-electron chi connectivity index (χ0n) is 6.22. The van der Waals surface area contributed by atoms with Gasteiger partial charge in [-0.05, 0) is 19.4 Å². The summed E-state index contributed by atoms with van der Waals surface area (Å²) in [5.74, 6) is 1.34. The molecule has 2 nitrogen and oxygen atoms in total. The molecular formula is C8H11O2. The van der Waals surface area contributed by atoms with Gasteiger partial charge in [0.05, 0.1) is 0 Å². The van der Waals surface area contributed by atoms with Gasteiger partial charge in [0, 0.05) is 6.07 Å². The van der Waals surface area contributed by atoms with Crippen LogP contribution in [-0.4, -0.2) is 5.11 Å². The quantitative estimate of drug-likeness (QED) is 0.678. The number of aliphatic hydroxyl groups is 1. The van der Waals surface area contributed by atoms with Crippen LogP contribution >= 0.6 is 0 Å². The standard InChI is InChI=1S/C8H11O2/c1-3-7(9)8-5-4-6(2)10-8/h4,7,9H,3H2,1-2H3. The first-order valence-corrected chi connectivity index (χ1v) is 3.40. The van der Waals surface area contributed by atoms with E-state index in [1.54, 1.807) is 6.07 Å². The van der Waals surface area contributed by atoms with Gasteiger partial charge in [-0.2, -0.15) is 0 Å². The molecule has 1 N–H and O–H groups in total. The fraction of sp³-hybridized carbons (Fsp3) is 0.500. The van der Waals surface area contributed by atoms with Crippen LogP contribution in [0.4, 0.5) is 0 Å². The van der Waals surface area contributed by atoms with Crippen LogP contribution in [0, 0.1) is 13.0 Å². The first kappa shape index (κ1) is 7.35. The highest BCUT2D eigenvalue weighted by atomic mass is 16.4. The molecule has 1 aromatic rings. The monoisotopic (exact) mass is 139 g/mol. The lowest BCUT2D eigenvalue weighted by Crippen LogP contribution is -1.91. The Kier molecular flexibility index (Phi) is 2.12. The van der Waals surface area contributed by atoms with Crippen LogP contribution in [0.2, 0.25) is 0 Å². The van der Waals surface area contributed by atoms with Crippen LogP contribution in [0.5, 0.6) is 0 Å². The Hall–Kier alpha value is -0.760. The molecule has 2 heteroatoms. The van der Waals surface area contributed by atoms with Crippen molar-refractivity contribution in [2.45, 2.75) is 26.4 Å². The molecule has 0 aromatic carbocycles. The van der Waals surface area contributed by atoms with Gasteiger partial charge in [0.1, 0.15) is 17.6 Å². The fourth-order valence-corrected chi connectivity index (χ4v) is 0.755. The van der Waals surface area contributed by atoms with E-state index < -0.39 is 6.10 Å². The van der Waals surface area contributed by atoms with Gasteiger partial charge in [-0.1, -0.05) is 6.92 Å². The molecule has 1 unspecified atom stereocenters. The summed E-state index contributed by atoms with van der Waals surface area (Å²) in [6, 6.07) is 4.57. The van der Waals surface area contributed by atoms with E-state index in [9.17, 15) is 5.11 Å². The van der Waals surface area contributed by atoms with Gasteiger partial charge in [-0.25, -0.2) is 0 Å². The molecule has 0 bridgehead atoms. The third kappa shape index (κ3) is 1.39. The number of hydrogen-bond acceptors (Lipinski definition) is 2. The van der Waals surface area contributed by atoms with Crippen LogP contribution in [-0.2, 0) is 0 Å². The van der Waals surface area contributed by atoms with Gasteiger partial charge >= 0.3 is 0 Å². The van der Waals surface area contributed by atoms with E-state index in [4.69, 9.17) is 4.42 Å². The Morgan fingerprint density at radius 1 is 1.80 bits per heavy atom. The van der Waals surface area contributed by atoms with Crippen LogP contribution in [0.15, 0.2) is 10.5 Å². The Morgan fingerprint density at radius 2 is 2.50 bits per heavy atom. The van der Waals surface area contributed by atoms with E-state index in [0.29, 0.717) is 12.2 Å². The van der Waals surface area contributed by atoms with E-state index in [1.165, 1.54) is 0 Å². The third-order valence-corrected chi connectivity index (χ3v) is 1.38. The van der Waals surface area contributed by atoms with Crippen LogP contribution in [0.1, 0.15) is 31.0 Å². The van der Waals surface area contributed by atoms with Crippen molar-refractivity contribution in [2.75, 3.05) is 0 Å². The predicted molar refractivity (Wildman–Crippen MR) is 37.5 cm³/mol. The molecule has 1 heterocycles. The van der Waals surface area contributed by atoms with Crippen LogP contribution < -0.4 is 0 Å². The molecular weight excluding hydrogens is 128 g/mol. The first-order valence-electron chi connectivity index (χ1n) is 3.40. The number of aliphatic hydroxyl groups excluding tert-OH is 1. The minimum atomic E-state index is -0.492. The molecule has 0 aliphatic rings. The third-order valence-electron chi connectivity index (χ3n) is 1.38. The van der Waals surface area contributed by atoms with Crippen molar-refractivity contribution in [1.82, 2.24) is 0 Å². The number of furan rings is 1. The summed E-state index contributed by atoms with van der Waals surface area (Å²) >= 11 is 0. The number of rotatable bonds is 2. The summed E-state index contributed by atoms with van der Waals surface area (Å²) in [6.45, 7) is 3.73. The van der Waals surface area contributed by atoms with E-state index in [0.717, 1.165) is 5.76 Å².